The molecule has 2 unspecified atom stereocenters. The Balaban J connectivity index is 2.43. The lowest BCUT2D eigenvalue weighted by atomic mass is 9.84. The molecule has 2 atom stereocenters. The molecular weight excluding hydrogens is 242 g/mol. The van der Waals surface area contributed by atoms with Crippen molar-refractivity contribution in [3.63, 3.8) is 0 Å². The van der Waals surface area contributed by atoms with Crippen LogP contribution in [0.3, 0.4) is 0 Å². The minimum atomic E-state index is -0.831. The van der Waals surface area contributed by atoms with Crippen molar-refractivity contribution >= 4 is 11.9 Å². The Labute approximate surface area is 113 Å². The third kappa shape index (κ3) is 2.48. The van der Waals surface area contributed by atoms with E-state index >= 15 is 0 Å². The summed E-state index contributed by atoms with van der Waals surface area (Å²) in [6, 6.07) is 5.54. The van der Waals surface area contributed by atoms with Crippen LogP contribution in [-0.2, 0) is 9.59 Å². The van der Waals surface area contributed by atoms with Crippen LogP contribution in [0, 0.1) is 19.8 Å². The maximum Gasteiger partial charge on any atom is 0.308 e. The van der Waals surface area contributed by atoms with Crippen molar-refractivity contribution in [1.82, 2.24) is 4.90 Å². The second kappa shape index (κ2) is 5.03. The van der Waals surface area contributed by atoms with E-state index in [1.807, 2.05) is 32.0 Å². The van der Waals surface area contributed by atoms with Gasteiger partial charge in [-0.3, -0.25) is 9.59 Å². The van der Waals surface area contributed by atoms with Crippen LogP contribution in [0.5, 0.6) is 0 Å². The number of carbonyl (C=O) groups is 2. The molecule has 4 nitrogen and oxygen atoms in total. The van der Waals surface area contributed by atoms with Crippen molar-refractivity contribution in [2.45, 2.75) is 32.7 Å². The summed E-state index contributed by atoms with van der Waals surface area (Å²) >= 11 is 0. The van der Waals surface area contributed by atoms with Crippen LogP contribution in [-0.4, -0.2) is 28.9 Å². The standard InChI is InChI=1S/C15H19NO3/c1-9-4-5-11(8-10(9)2)14-12(15(18)19)6-7-13(17)16(14)3/h4-5,8,12,14H,6-7H2,1-3H3,(H,18,19). The van der Waals surface area contributed by atoms with Gasteiger partial charge in [0.15, 0.2) is 0 Å². The fourth-order valence-electron chi connectivity index (χ4n) is 2.70. The van der Waals surface area contributed by atoms with Gasteiger partial charge in [0.2, 0.25) is 5.91 Å². The van der Waals surface area contributed by atoms with E-state index in [1.165, 1.54) is 5.56 Å². The van der Waals surface area contributed by atoms with Crippen LogP contribution >= 0.6 is 0 Å². The summed E-state index contributed by atoms with van der Waals surface area (Å²) in [7, 11) is 1.69. The smallest absolute Gasteiger partial charge is 0.308 e. The van der Waals surface area contributed by atoms with Gasteiger partial charge >= 0.3 is 5.97 Å². The average Bonchev–Trinajstić information content (AvgIpc) is 2.35. The second-order valence-corrected chi connectivity index (χ2v) is 5.28. The van der Waals surface area contributed by atoms with Gasteiger partial charge in [-0.15, -0.1) is 0 Å². The fraction of sp³-hybridized carbons (Fsp3) is 0.467. The number of aliphatic carboxylic acids is 1. The molecule has 4 heteroatoms. The molecule has 1 fully saturated rings. The van der Waals surface area contributed by atoms with Gasteiger partial charge in [0.1, 0.15) is 0 Å². The number of carboxylic acid groups (broad SMARTS) is 1. The Bertz CT molecular complexity index is 524. The molecule has 1 heterocycles. The summed E-state index contributed by atoms with van der Waals surface area (Å²) in [5.74, 6) is -1.34. The van der Waals surface area contributed by atoms with Crippen LogP contribution in [0.1, 0.15) is 35.6 Å². The van der Waals surface area contributed by atoms with E-state index in [4.69, 9.17) is 0 Å². The molecule has 2 rings (SSSR count). The molecule has 1 N–H and O–H groups in total. The molecule has 0 bridgehead atoms. The van der Waals surface area contributed by atoms with Crippen molar-refractivity contribution in [1.29, 1.82) is 0 Å². The lowest BCUT2D eigenvalue weighted by Gasteiger charge is -2.37. The van der Waals surface area contributed by atoms with Crippen LogP contribution in [0.15, 0.2) is 18.2 Å². The largest absolute Gasteiger partial charge is 0.481 e. The Morgan fingerprint density at radius 3 is 2.58 bits per heavy atom. The number of carbonyl (C=O) groups excluding carboxylic acids is 1. The average molecular weight is 261 g/mol. The summed E-state index contributed by atoms with van der Waals surface area (Å²) in [6.07, 6.45) is 0.727. The highest BCUT2D eigenvalue weighted by molar-refractivity contribution is 5.81. The van der Waals surface area contributed by atoms with E-state index in [0.717, 1.165) is 11.1 Å². The van der Waals surface area contributed by atoms with Crippen molar-refractivity contribution in [2.75, 3.05) is 7.05 Å². The zero-order valence-electron chi connectivity index (χ0n) is 11.5. The Morgan fingerprint density at radius 2 is 2.00 bits per heavy atom. The topological polar surface area (TPSA) is 57.6 Å². The van der Waals surface area contributed by atoms with Gasteiger partial charge in [-0.1, -0.05) is 18.2 Å². The van der Waals surface area contributed by atoms with Gasteiger partial charge in [0, 0.05) is 13.5 Å². The Morgan fingerprint density at radius 1 is 1.32 bits per heavy atom. The molecule has 1 aromatic carbocycles. The van der Waals surface area contributed by atoms with Crippen LogP contribution in [0.2, 0.25) is 0 Å². The van der Waals surface area contributed by atoms with Gasteiger partial charge in [0.25, 0.3) is 0 Å². The maximum absolute atomic E-state index is 11.8. The molecule has 1 amide bonds. The molecule has 102 valence electrons. The summed E-state index contributed by atoms with van der Waals surface area (Å²) in [5, 5.41) is 9.36. The normalized spacial score (nSPS) is 23.5. The minimum Gasteiger partial charge on any atom is -0.481 e. The third-order valence-corrected chi connectivity index (χ3v) is 4.05. The van der Waals surface area contributed by atoms with Crippen LogP contribution in [0.25, 0.3) is 0 Å². The number of rotatable bonds is 2. The Hall–Kier alpha value is -1.84. The maximum atomic E-state index is 11.8. The van der Waals surface area contributed by atoms with Gasteiger partial charge in [-0.05, 0) is 37.0 Å². The molecular formula is C15H19NO3. The monoisotopic (exact) mass is 261 g/mol. The van der Waals surface area contributed by atoms with Crippen molar-refractivity contribution < 1.29 is 14.7 Å². The van der Waals surface area contributed by atoms with E-state index < -0.39 is 11.9 Å². The van der Waals surface area contributed by atoms with Gasteiger partial charge in [-0.25, -0.2) is 0 Å². The fourth-order valence-corrected chi connectivity index (χ4v) is 2.70. The van der Waals surface area contributed by atoms with Crippen molar-refractivity contribution in [3.8, 4) is 0 Å². The summed E-state index contributed by atoms with van der Waals surface area (Å²) in [6.45, 7) is 4.02. The number of hydrogen-bond donors (Lipinski definition) is 1. The lowest BCUT2D eigenvalue weighted by Crippen LogP contribution is -2.43. The zero-order valence-corrected chi connectivity index (χ0v) is 11.5. The molecule has 1 saturated heterocycles. The number of aryl methyl sites for hydroxylation is 2. The van der Waals surface area contributed by atoms with Gasteiger partial charge in [-0.2, -0.15) is 0 Å². The van der Waals surface area contributed by atoms with E-state index in [1.54, 1.807) is 11.9 Å². The minimum absolute atomic E-state index is 0.0146. The van der Waals surface area contributed by atoms with Gasteiger partial charge < -0.3 is 10.0 Å². The van der Waals surface area contributed by atoms with E-state index in [0.29, 0.717) is 12.8 Å². The third-order valence-electron chi connectivity index (χ3n) is 4.05. The van der Waals surface area contributed by atoms with E-state index in [9.17, 15) is 14.7 Å². The number of benzene rings is 1. The molecule has 0 spiro atoms. The van der Waals surface area contributed by atoms with Crippen LogP contribution in [0.4, 0.5) is 0 Å². The first-order chi connectivity index (χ1) is 8.91. The molecule has 1 aromatic rings. The molecule has 19 heavy (non-hydrogen) atoms. The van der Waals surface area contributed by atoms with E-state index in [2.05, 4.69) is 0 Å². The number of amides is 1. The van der Waals surface area contributed by atoms with Gasteiger partial charge in [0.05, 0.1) is 12.0 Å². The van der Waals surface area contributed by atoms with Crippen molar-refractivity contribution in [2.24, 2.45) is 5.92 Å². The first-order valence-electron chi connectivity index (χ1n) is 6.47. The summed E-state index contributed by atoms with van der Waals surface area (Å²) in [5.41, 5.74) is 3.19. The van der Waals surface area contributed by atoms with Crippen molar-refractivity contribution in [3.05, 3.63) is 34.9 Å². The summed E-state index contributed by atoms with van der Waals surface area (Å²) in [4.78, 5) is 24.8. The highest BCUT2D eigenvalue weighted by Crippen LogP contribution is 2.36. The zero-order chi connectivity index (χ0) is 14.2. The lowest BCUT2D eigenvalue weighted by molar-refractivity contribution is -0.150. The van der Waals surface area contributed by atoms with Crippen LogP contribution < -0.4 is 0 Å². The molecule has 0 radical (unpaired) electrons. The molecule has 1 aliphatic heterocycles. The van der Waals surface area contributed by atoms with E-state index in [-0.39, 0.29) is 11.9 Å². The number of likely N-dealkylation sites (tertiary alicyclic amines) is 1. The first-order valence-corrected chi connectivity index (χ1v) is 6.47. The molecule has 0 aromatic heterocycles. The summed E-state index contributed by atoms with van der Waals surface area (Å²) < 4.78 is 0. The number of nitrogens with zero attached hydrogens (tertiary/aromatic N) is 1. The molecule has 1 aliphatic rings. The SMILES string of the molecule is Cc1ccc(C2C(C(=O)O)CCC(=O)N2C)cc1C. The highest BCUT2D eigenvalue weighted by Gasteiger charge is 2.38. The number of piperidine rings is 1. The predicted octanol–water partition coefficient (Wildman–Crippen LogP) is 2.30. The Kier molecular flexibility index (Phi) is 3.60. The molecule has 0 saturated carbocycles. The first kappa shape index (κ1) is 13.6. The number of hydrogen-bond acceptors (Lipinski definition) is 2. The highest BCUT2D eigenvalue weighted by atomic mass is 16.4. The quantitative estimate of drug-likeness (QED) is 0.888. The molecule has 0 aliphatic carbocycles. The number of carboxylic acids is 1. The second-order valence-electron chi connectivity index (χ2n) is 5.28. The predicted molar refractivity (Wildman–Crippen MR) is 71.8 cm³/mol.